The predicted molar refractivity (Wildman–Crippen MR) is 132 cm³/mol. The molecule has 1 aliphatic heterocycles. The van der Waals surface area contributed by atoms with E-state index >= 15 is 0 Å². The number of alkyl halides is 3. The van der Waals surface area contributed by atoms with Crippen molar-refractivity contribution in [3.63, 3.8) is 0 Å². The van der Waals surface area contributed by atoms with E-state index in [1.165, 1.54) is 12.4 Å². The molecule has 1 saturated heterocycles. The molecule has 202 valence electrons. The van der Waals surface area contributed by atoms with E-state index in [4.69, 9.17) is 0 Å². The van der Waals surface area contributed by atoms with Gasteiger partial charge in [0.25, 0.3) is 0 Å². The van der Waals surface area contributed by atoms with Crippen molar-refractivity contribution in [2.45, 2.75) is 81.3 Å². The van der Waals surface area contributed by atoms with Gasteiger partial charge in [-0.2, -0.15) is 13.2 Å². The highest BCUT2D eigenvalue weighted by atomic mass is 19.4. The minimum absolute atomic E-state index is 0.00170. The first-order valence-electron chi connectivity index (χ1n) is 13.1. The molecule has 2 aliphatic carbocycles. The van der Waals surface area contributed by atoms with Crippen LogP contribution in [0.5, 0.6) is 0 Å². The fourth-order valence-electron chi connectivity index (χ4n) is 6.19. The number of fused-ring (bicyclic) bond motifs is 1. The molecule has 2 heterocycles. The third kappa shape index (κ3) is 5.68. The van der Waals surface area contributed by atoms with Gasteiger partial charge in [0.05, 0.1) is 35.4 Å². The fourth-order valence-corrected chi connectivity index (χ4v) is 6.19. The molecule has 3 aliphatic rings. The number of rotatable bonds is 7. The van der Waals surface area contributed by atoms with Crippen LogP contribution in [0.2, 0.25) is 0 Å². The Labute approximate surface area is 213 Å². The van der Waals surface area contributed by atoms with Gasteiger partial charge in [-0.15, -0.1) is 0 Å². The van der Waals surface area contributed by atoms with Gasteiger partial charge < -0.3 is 20.8 Å². The molecule has 1 unspecified atom stereocenters. The van der Waals surface area contributed by atoms with Gasteiger partial charge in [-0.3, -0.25) is 9.69 Å². The molecule has 1 aromatic heterocycles. The average molecular weight is 522 g/mol. The number of nitrogens with zero attached hydrogens (tertiary/aromatic N) is 3. The lowest BCUT2D eigenvalue weighted by Gasteiger charge is -2.49. The van der Waals surface area contributed by atoms with Crippen LogP contribution in [-0.4, -0.2) is 74.4 Å². The number of benzene rings is 1. The van der Waals surface area contributed by atoms with Crippen LogP contribution in [0.15, 0.2) is 24.5 Å². The number of likely N-dealkylation sites (tertiary alicyclic amines) is 1. The van der Waals surface area contributed by atoms with Crippen molar-refractivity contribution in [2.75, 3.05) is 25.0 Å². The molecule has 1 amide bonds. The Hall–Kier alpha value is -2.50. The number of amides is 1. The van der Waals surface area contributed by atoms with Crippen LogP contribution in [0.25, 0.3) is 10.9 Å². The van der Waals surface area contributed by atoms with Gasteiger partial charge >= 0.3 is 6.18 Å². The SMILES string of the molecule is O=C(CNc1ncnc2ccc(C(F)(F)F)cc12)NC1CN(C2CCC(O)(C(O)C3CCCC3)CC2)C1. The van der Waals surface area contributed by atoms with Crippen LogP contribution in [-0.2, 0) is 11.0 Å². The molecule has 1 atom stereocenters. The highest BCUT2D eigenvalue weighted by Gasteiger charge is 2.45. The maximum Gasteiger partial charge on any atom is 0.416 e. The Morgan fingerprint density at radius 1 is 1.14 bits per heavy atom. The molecule has 2 aromatic rings. The number of carbonyl (C=O) groups is 1. The summed E-state index contributed by atoms with van der Waals surface area (Å²) in [4.78, 5) is 22.8. The maximum atomic E-state index is 13.1. The van der Waals surface area contributed by atoms with Gasteiger partial charge in [0.1, 0.15) is 12.1 Å². The monoisotopic (exact) mass is 521 g/mol. The first-order chi connectivity index (χ1) is 17.6. The van der Waals surface area contributed by atoms with Crippen molar-refractivity contribution in [1.29, 1.82) is 0 Å². The van der Waals surface area contributed by atoms with Gasteiger partial charge in [-0.1, -0.05) is 12.8 Å². The maximum absolute atomic E-state index is 13.1. The average Bonchev–Trinajstić information content (AvgIpc) is 3.39. The van der Waals surface area contributed by atoms with E-state index in [0.717, 1.165) is 50.7 Å². The van der Waals surface area contributed by atoms with Gasteiger partial charge in [0.2, 0.25) is 5.91 Å². The molecule has 3 fully saturated rings. The fraction of sp³-hybridized carbons (Fsp3) is 0.654. The van der Waals surface area contributed by atoms with E-state index in [2.05, 4.69) is 25.5 Å². The minimum Gasteiger partial charge on any atom is -0.390 e. The van der Waals surface area contributed by atoms with E-state index in [-0.39, 0.29) is 35.6 Å². The van der Waals surface area contributed by atoms with E-state index < -0.39 is 23.4 Å². The lowest BCUT2D eigenvalue weighted by atomic mass is 9.73. The second-order valence-electron chi connectivity index (χ2n) is 10.8. The zero-order valence-corrected chi connectivity index (χ0v) is 20.7. The summed E-state index contributed by atoms with van der Waals surface area (Å²) >= 11 is 0. The molecular weight excluding hydrogens is 487 g/mol. The van der Waals surface area contributed by atoms with Crippen LogP contribution in [0.1, 0.15) is 56.9 Å². The Morgan fingerprint density at radius 3 is 2.51 bits per heavy atom. The molecular formula is C26H34F3N5O3. The predicted octanol–water partition coefficient (Wildman–Crippen LogP) is 3.09. The first kappa shape index (κ1) is 26.1. The van der Waals surface area contributed by atoms with Crippen LogP contribution >= 0.6 is 0 Å². The lowest BCUT2D eigenvalue weighted by molar-refractivity contribution is -0.137. The van der Waals surface area contributed by atoms with Crippen molar-refractivity contribution in [3.8, 4) is 0 Å². The third-order valence-electron chi connectivity index (χ3n) is 8.39. The van der Waals surface area contributed by atoms with E-state index in [1.807, 2.05) is 0 Å². The molecule has 0 spiro atoms. The van der Waals surface area contributed by atoms with Gasteiger partial charge in [-0.25, -0.2) is 9.97 Å². The normalized spacial score (nSPS) is 26.7. The molecule has 1 aromatic carbocycles. The summed E-state index contributed by atoms with van der Waals surface area (Å²) in [7, 11) is 0. The number of aromatic nitrogens is 2. The minimum atomic E-state index is -4.48. The number of nitrogens with one attached hydrogen (secondary N) is 2. The van der Waals surface area contributed by atoms with Gasteiger partial charge in [0.15, 0.2) is 0 Å². The van der Waals surface area contributed by atoms with E-state index in [1.54, 1.807) is 0 Å². The van der Waals surface area contributed by atoms with Crippen LogP contribution in [0.4, 0.5) is 19.0 Å². The molecule has 4 N–H and O–H groups in total. The van der Waals surface area contributed by atoms with E-state index in [9.17, 15) is 28.2 Å². The molecule has 8 nitrogen and oxygen atoms in total. The zero-order chi connectivity index (χ0) is 26.2. The summed E-state index contributed by atoms with van der Waals surface area (Å²) in [5, 5.41) is 27.8. The number of halogens is 3. The van der Waals surface area contributed by atoms with Crippen molar-refractivity contribution >= 4 is 22.6 Å². The van der Waals surface area contributed by atoms with Crippen LogP contribution < -0.4 is 10.6 Å². The second-order valence-corrected chi connectivity index (χ2v) is 10.8. The first-order valence-corrected chi connectivity index (χ1v) is 13.1. The Morgan fingerprint density at radius 2 is 1.84 bits per heavy atom. The lowest BCUT2D eigenvalue weighted by Crippen LogP contribution is -2.64. The summed E-state index contributed by atoms with van der Waals surface area (Å²) in [5.74, 6) is 0.128. The number of hydrogen-bond acceptors (Lipinski definition) is 7. The summed E-state index contributed by atoms with van der Waals surface area (Å²) in [6.07, 6.45) is 3.21. The molecule has 37 heavy (non-hydrogen) atoms. The summed E-state index contributed by atoms with van der Waals surface area (Å²) in [6, 6.07) is 3.57. The summed E-state index contributed by atoms with van der Waals surface area (Å²) < 4.78 is 39.3. The topological polar surface area (TPSA) is 111 Å². The Bertz CT molecular complexity index is 1110. The molecule has 0 radical (unpaired) electrons. The Kier molecular flexibility index (Phi) is 7.30. The van der Waals surface area contributed by atoms with Crippen LogP contribution in [0.3, 0.4) is 0 Å². The van der Waals surface area contributed by atoms with Gasteiger partial charge in [-0.05, 0) is 62.6 Å². The van der Waals surface area contributed by atoms with Gasteiger partial charge in [0, 0.05) is 24.5 Å². The van der Waals surface area contributed by atoms with Crippen molar-refractivity contribution < 1.29 is 28.2 Å². The standard InChI is InChI=1S/C26H34F3N5O3/c27-26(28,29)17-5-6-21-20(11-17)24(32-15-31-21)30-12-22(35)33-18-13-34(14-18)19-7-9-25(37,10-8-19)23(36)16-3-1-2-4-16/h5-6,11,15-16,18-19,23,36-37H,1-4,7-10,12-14H2,(H,33,35)(H,30,31,32). The highest BCUT2D eigenvalue weighted by Crippen LogP contribution is 2.41. The quantitative estimate of drug-likeness (QED) is 0.443. The number of aliphatic hydroxyl groups excluding tert-OH is 1. The van der Waals surface area contributed by atoms with E-state index in [0.29, 0.717) is 37.5 Å². The van der Waals surface area contributed by atoms with Crippen molar-refractivity contribution in [2.24, 2.45) is 5.92 Å². The largest absolute Gasteiger partial charge is 0.416 e. The van der Waals surface area contributed by atoms with Crippen LogP contribution in [0, 0.1) is 5.92 Å². The second kappa shape index (κ2) is 10.3. The number of hydrogen-bond donors (Lipinski definition) is 4. The molecule has 11 heteroatoms. The molecule has 5 rings (SSSR count). The number of carbonyl (C=O) groups excluding carboxylic acids is 1. The smallest absolute Gasteiger partial charge is 0.390 e. The molecule has 0 bridgehead atoms. The van der Waals surface area contributed by atoms with Crippen molar-refractivity contribution in [3.05, 3.63) is 30.1 Å². The summed E-state index contributed by atoms with van der Waals surface area (Å²) in [6.45, 7) is 1.31. The molecule has 2 saturated carbocycles. The Balaban J connectivity index is 1.07. The number of aliphatic hydroxyl groups is 2. The number of anilines is 1. The zero-order valence-electron chi connectivity index (χ0n) is 20.7. The summed E-state index contributed by atoms with van der Waals surface area (Å²) in [5.41, 5.74) is -1.43. The third-order valence-corrected chi connectivity index (χ3v) is 8.39. The highest BCUT2D eigenvalue weighted by molar-refractivity contribution is 5.91. The van der Waals surface area contributed by atoms with Crippen molar-refractivity contribution in [1.82, 2.24) is 20.2 Å².